The van der Waals surface area contributed by atoms with E-state index in [-0.39, 0.29) is 0 Å². The zero-order valence-corrected chi connectivity index (χ0v) is 11.8. The third kappa shape index (κ3) is 5.66. The molecule has 2 atom stereocenters. The first-order valence-corrected chi connectivity index (χ1v) is 6.45. The van der Waals surface area contributed by atoms with Crippen molar-refractivity contribution in [3.63, 3.8) is 0 Å². The molecule has 96 valence electrons. The molecule has 0 aliphatic rings. The lowest BCUT2D eigenvalue weighted by Gasteiger charge is -2.32. The summed E-state index contributed by atoms with van der Waals surface area (Å²) in [6.45, 7) is 16.1. The lowest BCUT2D eigenvalue weighted by molar-refractivity contribution is 0.131. The standard InChI is InChI=1S/C14H29NO/c1-7-9-15(8-2)14(12(3)4)10-13(5)11-16-6/h13-14H,3,7-11H2,1-2,4-6H3/t13?,14-/m0/s1. The molecule has 0 N–H and O–H groups in total. The van der Waals surface area contributed by atoms with Crippen molar-refractivity contribution in [3.05, 3.63) is 12.2 Å². The van der Waals surface area contributed by atoms with Crippen LogP contribution in [0.3, 0.4) is 0 Å². The van der Waals surface area contributed by atoms with E-state index in [1.165, 1.54) is 12.0 Å². The van der Waals surface area contributed by atoms with Gasteiger partial charge >= 0.3 is 0 Å². The molecule has 0 amide bonds. The van der Waals surface area contributed by atoms with Crippen LogP contribution in [-0.2, 0) is 4.74 Å². The highest BCUT2D eigenvalue weighted by atomic mass is 16.5. The summed E-state index contributed by atoms with van der Waals surface area (Å²) in [4.78, 5) is 2.52. The minimum Gasteiger partial charge on any atom is -0.384 e. The Balaban J connectivity index is 4.39. The van der Waals surface area contributed by atoms with Gasteiger partial charge in [0, 0.05) is 19.8 Å². The summed E-state index contributed by atoms with van der Waals surface area (Å²) in [6, 6.07) is 0.509. The maximum absolute atomic E-state index is 5.21. The molecule has 1 unspecified atom stereocenters. The number of nitrogens with zero attached hydrogens (tertiary/aromatic N) is 1. The first-order chi connectivity index (χ1) is 7.56. The maximum atomic E-state index is 5.21. The van der Waals surface area contributed by atoms with Crippen LogP contribution in [-0.4, -0.2) is 37.7 Å². The van der Waals surface area contributed by atoms with Crippen molar-refractivity contribution in [1.82, 2.24) is 4.90 Å². The Bertz CT molecular complexity index is 191. The molecule has 0 aromatic rings. The molecule has 0 heterocycles. The fourth-order valence-corrected chi connectivity index (χ4v) is 2.22. The minimum absolute atomic E-state index is 0.509. The second kappa shape index (κ2) is 8.77. The van der Waals surface area contributed by atoms with Crippen LogP contribution >= 0.6 is 0 Å². The normalized spacial score (nSPS) is 15.1. The van der Waals surface area contributed by atoms with Crippen LogP contribution in [0.25, 0.3) is 0 Å². The fourth-order valence-electron chi connectivity index (χ4n) is 2.22. The van der Waals surface area contributed by atoms with E-state index in [0.717, 1.165) is 26.1 Å². The lowest BCUT2D eigenvalue weighted by atomic mass is 9.96. The van der Waals surface area contributed by atoms with Crippen molar-refractivity contribution in [2.45, 2.75) is 46.6 Å². The number of ether oxygens (including phenoxy) is 1. The minimum atomic E-state index is 0.509. The summed E-state index contributed by atoms with van der Waals surface area (Å²) in [5, 5.41) is 0. The zero-order chi connectivity index (χ0) is 12.6. The van der Waals surface area contributed by atoms with E-state index in [1.54, 1.807) is 7.11 Å². The van der Waals surface area contributed by atoms with Crippen LogP contribution in [0.1, 0.15) is 40.5 Å². The molecule has 0 saturated heterocycles. The Hall–Kier alpha value is -0.340. The van der Waals surface area contributed by atoms with Crippen LogP contribution < -0.4 is 0 Å². The molecule has 0 fully saturated rings. The van der Waals surface area contributed by atoms with Gasteiger partial charge in [-0.2, -0.15) is 0 Å². The highest BCUT2D eigenvalue weighted by Crippen LogP contribution is 2.18. The molecule has 16 heavy (non-hydrogen) atoms. The average Bonchev–Trinajstić information content (AvgIpc) is 2.23. The van der Waals surface area contributed by atoms with Gasteiger partial charge in [0.05, 0.1) is 0 Å². The summed E-state index contributed by atoms with van der Waals surface area (Å²) in [6.07, 6.45) is 2.35. The van der Waals surface area contributed by atoms with Crippen molar-refractivity contribution in [1.29, 1.82) is 0 Å². The second-order valence-electron chi connectivity index (χ2n) is 4.79. The van der Waals surface area contributed by atoms with Gasteiger partial charge in [-0.25, -0.2) is 0 Å². The molecule has 0 spiro atoms. The average molecular weight is 227 g/mol. The number of rotatable bonds is 9. The van der Waals surface area contributed by atoms with Gasteiger partial charge in [-0.15, -0.1) is 0 Å². The van der Waals surface area contributed by atoms with Crippen molar-refractivity contribution in [2.75, 3.05) is 26.8 Å². The molecule has 0 bridgehead atoms. The summed E-state index contributed by atoms with van der Waals surface area (Å²) < 4.78 is 5.21. The zero-order valence-electron chi connectivity index (χ0n) is 11.8. The highest BCUT2D eigenvalue weighted by molar-refractivity contribution is 5.02. The second-order valence-corrected chi connectivity index (χ2v) is 4.79. The Morgan fingerprint density at radius 2 is 2.00 bits per heavy atom. The van der Waals surface area contributed by atoms with E-state index in [1.807, 2.05) is 0 Å². The van der Waals surface area contributed by atoms with Crippen LogP contribution in [0.4, 0.5) is 0 Å². The van der Waals surface area contributed by atoms with Crippen LogP contribution in [0.5, 0.6) is 0 Å². The molecule has 0 aliphatic carbocycles. The van der Waals surface area contributed by atoms with E-state index in [0.29, 0.717) is 12.0 Å². The van der Waals surface area contributed by atoms with Gasteiger partial charge in [0.1, 0.15) is 0 Å². The topological polar surface area (TPSA) is 12.5 Å². The molecular weight excluding hydrogens is 198 g/mol. The first-order valence-electron chi connectivity index (χ1n) is 6.45. The fraction of sp³-hybridized carbons (Fsp3) is 0.857. The molecule has 0 aliphatic heterocycles. The van der Waals surface area contributed by atoms with E-state index in [9.17, 15) is 0 Å². The van der Waals surface area contributed by atoms with Crippen molar-refractivity contribution in [2.24, 2.45) is 5.92 Å². The summed E-state index contributed by atoms with van der Waals surface area (Å²) >= 11 is 0. The Morgan fingerprint density at radius 3 is 2.38 bits per heavy atom. The smallest absolute Gasteiger partial charge is 0.0488 e. The highest BCUT2D eigenvalue weighted by Gasteiger charge is 2.19. The Labute approximate surface area is 102 Å². The van der Waals surface area contributed by atoms with Gasteiger partial charge in [-0.05, 0) is 38.8 Å². The molecule has 0 radical (unpaired) electrons. The van der Waals surface area contributed by atoms with Crippen LogP contribution in [0.15, 0.2) is 12.2 Å². The van der Waals surface area contributed by atoms with Gasteiger partial charge in [-0.1, -0.05) is 32.9 Å². The van der Waals surface area contributed by atoms with Crippen molar-refractivity contribution in [3.8, 4) is 0 Å². The van der Waals surface area contributed by atoms with Gasteiger partial charge < -0.3 is 4.74 Å². The molecule has 0 rings (SSSR count). The van der Waals surface area contributed by atoms with Crippen LogP contribution in [0.2, 0.25) is 0 Å². The third-order valence-electron chi connectivity index (χ3n) is 3.00. The Morgan fingerprint density at radius 1 is 1.38 bits per heavy atom. The van der Waals surface area contributed by atoms with Gasteiger partial charge in [-0.3, -0.25) is 4.90 Å². The quantitative estimate of drug-likeness (QED) is 0.560. The lowest BCUT2D eigenvalue weighted by Crippen LogP contribution is -2.38. The van der Waals surface area contributed by atoms with Gasteiger partial charge in [0.2, 0.25) is 0 Å². The first kappa shape index (κ1) is 15.7. The number of methoxy groups -OCH3 is 1. The van der Waals surface area contributed by atoms with Crippen molar-refractivity contribution >= 4 is 0 Å². The van der Waals surface area contributed by atoms with E-state index < -0.39 is 0 Å². The summed E-state index contributed by atoms with van der Waals surface area (Å²) in [5.74, 6) is 0.595. The largest absolute Gasteiger partial charge is 0.384 e. The molecule has 2 nitrogen and oxygen atoms in total. The summed E-state index contributed by atoms with van der Waals surface area (Å²) in [7, 11) is 1.77. The number of likely N-dealkylation sites (N-methyl/N-ethyl adjacent to an activating group) is 1. The molecule has 0 aromatic heterocycles. The van der Waals surface area contributed by atoms with Gasteiger partial charge in [0.25, 0.3) is 0 Å². The van der Waals surface area contributed by atoms with Crippen LogP contribution in [0, 0.1) is 5.92 Å². The number of hydrogen-bond donors (Lipinski definition) is 0. The van der Waals surface area contributed by atoms with E-state index in [2.05, 4.69) is 39.2 Å². The predicted molar refractivity (Wildman–Crippen MR) is 71.8 cm³/mol. The van der Waals surface area contributed by atoms with Gasteiger partial charge in [0.15, 0.2) is 0 Å². The summed E-state index contributed by atoms with van der Waals surface area (Å²) in [5.41, 5.74) is 1.28. The maximum Gasteiger partial charge on any atom is 0.0488 e. The third-order valence-corrected chi connectivity index (χ3v) is 3.00. The predicted octanol–water partition coefficient (Wildman–Crippen LogP) is 3.34. The molecule has 0 aromatic carbocycles. The SMILES string of the molecule is C=C(C)[C@H](CC(C)COC)N(CC)CCC. The molecule has 0 saturated carbocycles. The van der Waals surface area contributed by atoms with E-state index in [4.69, 9.17) is 4.74 Å². The Kier molecular flexibility index (Phi) is 8.58. The number of hydrogen-bond acceptors (Lipinski definition) is 2. The molecule has 2 heteroatoms. The van der Waals surface area contributed by atoms with Crippen molar-refractivity contribution < 1.29 is 4.74 Å². The molecular formula is C14H29NO. The monoisotopic (exact) mass is 227 g/mol. The van der Waals surface area contributed by atoms with E-state index >= 15 is 0 Å².